The lowest BCUT2D eigenvalue weighted by atomic mass is 9.56. The number of methoxy groups -OCH3 is 1. The molecule has 116 valence electrons. The highest BCUT2D eigenvalue weighted by molar-refractivity contribution is 5.85. The van der Waals surface area contributed by atoms with Crippen molar-refractivity contribution in [3.63, 3.8) is 0 Å². The van der Waals surface area contributed by atoms with E-state index in [9.17, 15) is 14.7 Å². The molecule has 0 saturated heterocycles. The Bertz CT molecular complexity index is 382. The summed E-state index contributed by atoms with van der Waals surface area (Å²) < 4.78 is 10.2. The molecular formula is C14H25NO5. The van der Waals surface area contributed by atoms with Crippen molar-refractivity contribution in [3.05, 3.63) is 0 Å². The molecule has 0 radical (unpaired) electrons. The molecule has 1 aliphatic carbocycles. The van der Waals surface area contributed by atoms with Crippen molar-refractivity contribution in [3.8, 4) is 0 Å². The zero-order valence-electron chi connectivity index (χ0n) is 12.9. The van der Waals surface area contributed by atoms with Crippen molar-refractivity contribution < 1.29 is 24.2 Å². The number of carbonyl (C=O) groups excluding carboxylic acids is 2. The van der Waals surface area contributed by atoms with Gasteiger partial charge in [-0.2, -0.15) is 0 Å². The summed E-state index contributed by atoms with van der Waals surface area (Å²) in [5, 5.41) is 12.5. The van der Waals surface area contributed by atoms with Crippen molar-refractivity contribution >= 4 is 11.9 Å². The average molecular weight is 287 g/mol. The molecule has 3 atom stereocenters. The molecule has 1 fully saturated rings. The van der Waals surface area contributed by atoms with Gasteiger partial charge in [0.05, 0.1) is 18.6 Å². The van der Waals surface area contributed by atoms with E-state index in [1.165, 1.54) is 0 Å². The van der Waals surface area contributed by atoms with Gasteiger partial charge in [0.25, 0.3) is 0 Å². The second kappa shape index (κ2) is 6.10. The summed E-state index contributed by atoms with van der Waals surface area (Å²) in [4.78, 5) is 23.1. The molecule has 0 aromatic rings. The van der Waals surface area contributed by atoms with Crippen molar-refractivity contribution in [2.75, 3.05) is 13.7 Å². The van der Waals surface area contributed by atoms with Gasteiger partial charge in [-0.1, -0.05) is 13.8 Å². The molecule has 1 rings (SSSR count). The maximum atomic E-state index is 11.9. The monoisotopic (exact) mass is 287 g/mol. The largest absolute Gasteiger partial charge is 0.466 e. The van der Waals surface area contributed by atoms with Gasteiger partial charge in [0.2, 0.25) is 5.91 Å². The smallest absolute Gasteiger partial charge is 0.308 e. The average Bonchev–Trinajstić information content (AvgIpc) is 2.37. The lowest BCUT2D eigenvalue weighted by molar-refractivity contribution is -0.184. The summed E-state index contributed by atoms with van der Waals surface area (Å²) in [6.45, 7) is 7.90. The summed E-state index contributed by atoms with van der Waals surface area (Å²) in [5.74, 6) is -1.13. The summed E-state index contributed by atoms with van der Waals surface area (Å²) in [5.41, 5.74) is -0.530. The minimum absolute atomic E-state index is 0.0863. The maximum Gasteiger partial charge on any atom is 0.308 e. The van der Waals surface area contributed by atoms with E-state index < -0.39 is 18.0 Å². The molecule has 0 bridgehead atoms. The molecule has 6 heteroatoms. The highest BCUT2D eigenvalue weighted by Crippen LogP contribution is 2.51. The number of rotatable bonds is 6. The number of amides is 1. The molecule has 20 heavy (non-hydrogen) atoms. The van der Waals surface area contributed by atoms with Crippen LogP contribution in [0.15, 0.2) is 0 Å². The molecule has 0 spiro atoms. The van der Waals surface area contributed by atoms with Crippen LogP contribution < -0.4 is 5.32 Å². The van der Waals surface area contributed by atoms with E-state index in [0.717, 1.165) is 0 Å². The quantitative estimate of drug-likeness (QED) is 0.700. The van der Waals surface area contributed by atoms with E-state index in [1.807, 2.05) is 20.8 Å². The Balaban J connectivity index is 2.50. The molecule has 0 aliphatic heterocycles. The molecule has 0 unspecified atom stereocenters. The topological polar surface area (TPSA) is 84.9 Å². The fraction of sp³-hybridized carbons (Fsp3) is 0.857. The van der Waals surface area contributed by atoms with Crippen molar-refractivity contribution in [1.29, 1.82) is 0 Å². The molecule has 1 aliphatic rings. The highest BCUT2D eigenvalue weighted by Gasteiger charge is 2.58. The number of aliphatic hydroxyl groups is 1. The van der Waals surface area contributed by atoms with E-state index >= 15 is 0 Å². The van der Waals surface area contributed by atoms with Crippen LogP contribution in [0.2, 0.25) is 0 Å². The second-order valence-corrected chi connectivity index (χ2v) is 5.95. The third-order valence-corrected chi connectivity index (χ3v) is 4.56. The standard InChI is InChI=1S/C14H25NO5/c1-6-20-11(17)7-9(16)12(18)15-10-8-14(4,19-5)13(10,2)3/h9-10,16H,6-8H2,1-5H3,(H,15,18)/t9-,10+,14+/m0/s1. The fourth-order valence-electron chi connectivity index (χ4n) is 2.46. The van der Waals surface area contributed by atoms with E-state index in [-0.39, 0.29) is 30.1 Å². The van der Waals surface area contributed by atoms with Crippen molar-refractivity contribution in [1.82, 2.24) is 5.32 Å². The summed E-state index contributed by atoms with van der Waals surface area (Å²) in [6.07, 6.45) is -1.03. The lowest BCUT2D eigenvalue weighted by Gasteiger charge is -2.59. The molecule has 2 N–H and O–H groups in total. The van der Waals surface area contributed by atoms with Crippen LogP contribution in [0.25, 0.3) is 0 Å². The van der Waals surface area contributed by atoms with Gasteiger partial charge in [-0.05, 0) is 20.3 Å². The summed E-state index contributed by atoms with van der Waals surface area (Å²) in [7, 11) is 1.65. The third kappa shape index (κ3) is 3.12. The van der Waals surface area contributed by atoms with Crippen molar-refractivity contribution in [2.45, 2.75) is 58.3 Å². The van der Waals surface area contributed by atoms with Crippen LogP contribution in [-0.2, 0) is 19.1 Å². The minimum Gasteiger partial charge on any atom is -0.466 e. The first kappa shape index (κ1) is 16.9. The lowest BCUT2D eigenvalue weighted by Crippen LogP contribution is -2.69. The molecule has 6 nitrogen and oxygen atoms in total. The maximum absolute atomic E-state index is 11.9. The Kier molecular flexibility index (Phi) is 5.15. The van der Waals surface area contributed by atoms with Crippen LogP contribution in [0.1, 0.15) is 40.5 Å². The Labute approximate surface area is 119 Å². The van der Waals surface area contributed by atoms with E-state index in [2.05, 4.69) is 5.32 Å². The molecule has 0 aromatic heterocycles. The number of aliphatic hydroxyl groups excluding tert-OH is 1. The first-order valence-electron chi connectivity index (χ1n) is 6.87. The number of ether oxygens (including phenoxy) is 2. The van der Waals surface area contributed by atoms with Gasteiger partial charge in [0.15, 0.2) is 0 Å². The van der Waals surface area contributed by atoms with Gasteiger partial charge < -0.3 is 19.9 Å². The number of nitrogens with one attached hydrogen (secondary N) is 1. The van der Waals surface area contributed by atoms with E-state index in [0.29, 0.717) is 6.42 Å². The molecular weight excluding hydrogens is 262 g/mol. The Morgan fingerprint density at radius 2 is 2.00 bits per heavy atom. The minimum atomic E-state index is -1.38. The normalized spacial score (nSPS) is 29.2. The van der Waals surface area contributed by atoms with Gasteiger partial charge in [-0.15, -0.1) is 0 Å². The van der Waals surface area contributed by atoms with Crippen LogP contribution in [0, 0.1) is 5.41 Å². The number of hydrogen-bond donors (Lipinski definition) is 2. The van der Waals surface area contributed by atoms with Crippen LogP contribution >= 0.6 is 0 Å². The zero-order valence-corrected chi connectivity index (χ0v) is 12.9. The summed E-state index contributed by atoms with van der Waals surface area (Å²) >= 11 is 0. The van der Waals surface area contributed by atoms with Gasteiger partial charge in [-0.3, -0.25) is 9.59 Å². The molecule has 0 heterocycles. The van der Waals surface area contributed by atoms with Crippen molar-refractivity contribution in [2.24, 2.45) is 5.41 Å². The van der Waals surface area contributed by atoms with E-state index in [4.69, 9.17) is 9.47 Å². The Morgan fingerprint density at radius 3 is 2.45 bits per heavy atom. The van der Waals surface area contributed by atoms with Crippen LogP contribution in [-0.4, -0.2) is 48.4 Å². The predicted molar refractivity (Wildman–Crippen MR) is 73.0 cm³/mol. The van der Waals surface area contributed by atoms with Gasteiger partial charge in [-0.25, -0.2) is 0 Å². The first-order valence-corrected chi connectivity index (χ1v) is 6.87. The van der Waals surface area contributed by atoms with E-state index in [1.54, 1.807) is 14.0 Å². The van der Waals surface area contributed by atoms with Gasteiger partial charge >= 0.3 is 5.97 Å². The fourth-order valence-corrected chi connectivity index (χ4v) is 2.46. The zero-order chi connectivity index (χ0) is 15.6. The molecule has 1 saturated carbocycles. The van der Waals surface area contributed by atoms with Crippen LogP contribution in [0.5, 0.6) is 0 Å². The van der Waals surface area contributed by atoms with Gasteiger partial charge in [0.1, 0.15) is 6.10 Å². The Morgan fingerprint density at radius 1 is 1.40 bits per heavy atom. The Hall–Kier alpha value is -1.14. The summed E-state index contributed by atoms with van der Waals surface area (Å²) in [6, 6.07) is -0.0863. The SMILES string of the molecule is CCOC(=O)C[C@H](O)C(=O)N[C@@H]1C[C@@](C)(OC)C1(C)C. The molecule has 0 aromatic carbocycles. The van der Waals surface area contributed by atoms with Crippen LogP contribution in [0.3, 0.4) is 0 Å². The number of hydrogen-bond acceptors (Lipinski definition) is 5. The second-order valence-electron chi connectivity index (χ2n) is 5.95. The third-order valence-electron chi connectivity index (χ3n) is 4.56. The van der Waals surface area contributed by atoms with Gasteiger partial charge in [0, 0.05) is 18.6 Å². The predicted octanol–water partition coefficient (Wildman–Crippen LogP) is 0.620. The number of esters is 1. The number of carbonyl (C=O) groups is 2. The first-order chi connectivity index (χ1) is 9.17. The van der Waals surface area contributed by atoms with Crippen LogP contribution in [0.4, 0.5) is 0 Å². The molecule has 1 amide bonds. The highest BCUT2D eigenvalue weighted by atomic mass is 16.5.